The topological polar surface area (TPSA) is 70.8 Å². The van der Waals surface area contributed by atoms with Gasteiger partial charge in [-0.2, -0.15) is 22.5 Å². The van der Waals surface area contributed by atoms with Crippen LogP contribution in [-0.2, 0) is 11.3 Å². The van der Waals surface area contributed by atoms with Gasteiger partial charge in [-0.25, -0.2) is 0 Å². The van der Waals surface area contributed by atoms with E-state index in [2.05, 4.69) is 4.98 Å². The van der Waals surface area contributed by atoms with Crippen LogP contribution in [0.4, 0.5) is 29.3 Å². The first-order chi connectivity index (χ1) is 12.6. The molecule has 1 N–H and O–H groups in total. The van der Waals surface area contributed by atoms with Gasteiger partial charge in [0.1, 0.15) is 6.04 Å². The Morgan fingerprint density at radius 2 is 2.07 bits per heavy atom. The number of aromatic nitrogens is 2. The molecule has 1 aromatic heterocycles. The third-order valence-electron chi connectivity index (χ3n) is 4.81. The largest absolute Gasteiger partial charge is 0.408 e. The number of β-amino-alcohol motifs (C(OH)–C–C–N with tert-alkyl or cyclic N) is 1. The summed E-state index contributed by atoms with van der Waals surface area (Å²) in [6.07, 6.45) is -6.08. The first kappa shape index (κ1) is 19.9. The van der Waals surface area contributed by atoms with Gasteiger partial charge in [0.15, 0.2) is 5.82 Å². The van der Waals surface area contributed by atoms with Crippen molar-refractivity contribution < 1.29 is 27.4 Å². The summed E-state index contributed by atoms with van der Waals surface area (Å²) < 4.78 is 61.4. The zero-order chi connectivity index (χ0) is 19.9. The van der Waals surface area contributed by atoms with E-state index in [1.165, 1.54) is 11.8 Å². The average Bonchev–Trinajstić information content (AvgIpc) is 2.57. The Morgan fingerprint density at radius 1 is 1.37 bits per heavy atom. The summed E-state index contributed by atoms with van der Waals surface area (Å²) in [7, 11) is 0. The van der Waals surface area contributed by atoms with Crippen molar-refractivity contribution in [2.75, 3.05) is 36.1 Å². The minimum absolute atomic E-state index is 0.271. The van der Waals surface area contributed by atoms with Crippen molar-refractivity contribution in [1.82, 2.24) is 9.55 Å². The molecule has 0 aliphatic carbocycles. The Kier molecular flexibility index (Phi) is 5.35. The van der Waals surface area contributed by atoms with Crippen LogP contribution in [-0.4, -0.2) is 65.3 Å². The quantitative estimate of drug-likeness (QED) is 0.776. The maximum absolute atomic E-state index is 14.7. The Bertz CT molecular complexity index is 752. The van der Waals surface area contributed by atoms with Crippen LogP contribution in [0.1, 0.15) is 20.3 Å². The fraction of sp³-hybridized carbons (Fsp3) is 0.750. The Hall–Kier alpha value is -1.88. The molecule has 0 spiro atoms. The molecule has 0 saturated carbocycles. The van der Waals surface area contributed by atoms with Crippen molar-refractivity contribution >= 4 is 11.8 Å². The summed E-state index contributed by atoms with van der Waals surface area (Å²) >= 11 is 0. The van der Waals surface area contributed by atoms with Gasteiger partial charge >= 0.3 is 6.18 Å². The van der Waals surface area contributed by atoms with Crippen molar-refractivity contribution in [3.05, 3.63) is 16.2 Å². The number of fused-ring (bicyclic) bond motifs is 1. The molecule has 0 radical (unpaired) electrons. The monoisotopic (exact) mass is 394 g/mol. The average molecular weight is 394 g/mol. The molecular weight excluding hydrogens is 372 g/mol. The third-order valence-corrected chi connectivity index (χ3v) is 4.81. The van der Waals surface area contributed by atoms with E-state index in [-0.39, 0.29) is 37.4 Å². The summed E-state index contributed by atoms with van der Waals surface area (Å²) in [5.74, 6) is -1.64. The summed E-state index contributed by atoms with van der Waals surface area (Å²) in [5.41, 5.74) is -1.01. The van der Waals surface area contributed by atoms with E-state index in [0.717, 1.165) is 9.47 Å². The predicted molar refractivity (Wildman–Crippen MR) is 89.6 cm³/mol. The molecule has 2 aliphatic rings. The van der Waals surface area contributed by atoms with Crippen molar-refractivity contribution in [1.29, 1.82) is 0 Å². The standard InChI is InChI=1S/C16H22F4N4O3/c1-9-8-27-6-5-22(9)13-12(17)14(26)23-4-3-11(16(18,19)20)24(7-10(2)25)15(23)21-13/h9-11,25H,3-8H2,1-2H3/t9-,10?,11?/m1/s1. The molecule has 152 valence electrons. The van der Waals surface area contributed by atoms with E-state index < -0.39 is 36.1 Å². The fourth-order valence-electron chi connectivity index (χ4n) is 3.54. The van der Waals surface area contributed by atoms with Gasteiger partial charge in [0.25, 0.3) is 5.56 Å². The number of anilines is 2. The lowest BCUT2D eigenvalue weighted by Gasteiger charge is -2.41. The molecule has 1 aromatic rings. The van der Waals surface area contributed by atoms with Crippen LogP contribution < -0.4 is 15.4 Å². The lowest BCUT2D eigenvalue weighted by atomic mass is 10.1. The first-order valence-corrected chi connectivity index (χ1v) is 8.77. The second-order valence-electron chi connectivity index (χ2n) is 6.97. The zero-order valence-corrected chi connectivity index (χ0v) is 15.0. The van der Waals surface area contributed by atoms with E-state index in [1.807, 2.05) is 0 Å². The highest BCUT2D eigenvalue weighted by molar-refractivity contribution is 5.48. The number of ether oxygens (including phenoxy) is 1. The summed E-state index contributed by atoms with van der Waals surface area (Å²) in [5, 5.41) is 9.67. The number of morpholine rings is 1. The highest BCUT2D eigenvalue weighted by Gasteiger charge is 2.47. The van der Waals surface area contributed by atoms with Crippen LogP contribution in [0.3, 0.4) is 0 Å². The Labute approximate surface area is 153 Å². The number of rotatable bonds is 3. The van der Waals surface area contributed by atoms with Gasteiger partial charge in [-0.15, -0.1) is 0 Å². The van der Waals surface area contributed by atoms with Gasteiger partial charge < -0.3 is 19.6 Å². The van der Waals surface area contributed by atoms with Crippen LogP contribution in [0.25, 0.3) is 0 Å². The molecule has 1 fully saturated rings. The van der Waals surface area contributed by atoms with E-state index >= 15 is 0 Å². The fourth-order valence-corrected chi connectivity index (χ4v) is 3.54. The predicted octanol–water partition coefficient (Wildman–Crippen LogP) is 1.13. The summed E-state index contributed by atoms with van der Waals surface area (Å²) in [4.78, 5) is 19.0. The highest BCUT2D eigenvalue weighted by Crippen LogP contribution is 2.35. The molecule has 7 nitrogen and oxygen atoms in total. The molecular formula is C16H22F4N4O3. The summed E-state index contributed by atoms with van der Waals surface area (Å²) in [6.45, 7) is 3.29. The third kappa shape index (κ3) is 3.75. The molecule has 11 heteroatoms. The molecule has 2 aliphatic heterocycles. The van der Waals surface area contributed by atoms with E-state index in [9.17, 15) is 27.5 Å². The molecule has 0 aromatic carbocycles. The highest BCUT2D eigenvalue weighted by atomic mass is 19.4. The normalized spacial score (nSPS) is 24.7. The maximum atomic E-state index is 14.7. The number of halogens is 4. The SMILES string of the molecule is CC(O)CN1c2nc(N3CCOC[C@H]3C)c(F)c(=O)n2CCC1C(F)(F)F. The van der Waals surface area contributed by atoms with E-state index in [1.54, 1.807) is 6.92 Å². The van der Waals surface area contributed by atoms with Gasteiger partial charge in [0, 0.05) is 19.6 Å². The van der Waals surface area contributed by atoms with Gasteiger partial charge in [0.2, 0.25) is 11.8 Å². The van der Waals surface area contributed by atoms with Gasteiger partial charge in [-0.1, -0.05) is 0 Å². The minimum Gasteiger partial charge on any atom is -0.392 e. The van der Waals surface area contributed by atoms with Gasteiger partial charge in [-0.3, -0.25) is 9.36 Å². The van der Waals surface area contributed by atoms with Crippen molar-refractivity contribution in [2.45, 2.75) is 51.2 Å². The number of aliphatic hydroxyl groups is 1. The maximum Gasteiger partial charge on any atom is 0.408 e. The van der Waals surface area contributed by atoms with Crippen molar-refractivity contribution in [3.63, 3.8) is 0 Å². The number of nitrogens with zero attached hydrogens (tertiary/aromatic N) is 4. The van der Waals surface area contributed by atoms with E-state index in [4.69, 9.17) is 4.74 Å². The molecule has 0 bridgehead atoms. The first-order valence-electron chi connectivity index (χ1n) is 8.77. The second kappa shape index (κ2) is 7.27. The summed E-state index contributed by atoms with van der Waals surface area (Å²) in [6, 6.07) is -2.19. The number of aliphatic hydroxyl groups excluding tert-OH is 1. The lowest BCUT2D eigenvalue weighted by Crippen LogP contribution is -2.55. The Balaban J connectivity index is 2.12. The molecule has 1 saturated heterocycles. The van der Waals surface area contributed by atoms with Crippen LogP contribution in [0.15, 0.2) is 4.79 Å². The Morgan fingerprint density at radius 3 is 2.67 bits per heavy atom. The smallest absolute Gasteiger partial charge is 0.392 e. The van der Waals surface area contributed by atoms with Crippen molar-refractivity contribution in [2.24, 2.45) is 0 Å². The number of hydrogen-bond donors (Lipinski definition) is 1. The zero-order valence-electron chi connectivity index (χ0n) is 15.0. The molecule has 2 unspecified atom stereocenters. The molecule has 0 amide bonds. The van der Waals surface area contributed by atoms with E-state index in [0.29, 0.717) is 13.2 Å². The van der Waals surface area contributed by atoms with Crippen LogP contribution in [0, 0.1) is 5.82 Å². The number of hydrogen-bond acceptors (Lipinski definition) is 6. The van der Waals surface area contributed by atoms with Crippen LogP contribution in [0.5, 0.6) is 0 Å². The van der Waals surface area contributed by atoms with Crippen molar-refractivity contribution in [3.8, 4) is 0 Å². The molecule has 3 rings (SSSR count). The molecule has 27 heavy (non-hydrogen) atoms. The van der Waals surface area contributed by atoms with Gasteiger partial charge in [0.05, 0.1) is 25.4 Å². The molecule has 3 atom stereocenters. The number of alkyl halides is 3. The van der Waals surface area contributed by atoms with Crippen LogP contribution in [0.2, 0.25) is 0 Å². The molecule has 3 heterocycles. The second-order valence-corrected chi connectivity index (χ2v) is 6.97. The minimum atomic E-state index is -4.57. The van der Waals surface area contributed by atoms with Gasteiger partial charge in [-0.05, 0) is 20.3 Å². The van der Waals surface area contributed by atoms with Crippen LogP contribution >= 0.6 is 0 Å². The lowest BCUT2D eigenvalue weighted by molar-refractivity contribution is -0.153.